The van der Waals surface area contributed by atoms with Crippen LogP contribution in [0.25, 0.3) is 0 Å². The molecule has 0 fully saturated rings. The number of nitrogens with two attached hydrogens (primary N) is 1. The number of rotatable bonds is 5. The van der Waals surface area contributed by atoms with E-state index < -0.39 is 0 Å². The van der Waals surface area contributed by atoms with E-state index in [2.05, 4.69) is 32.9 Å². The van der Waals surface area contributed by atoms with Crippen molar-refractivity contribution >= 4 is 0 Å². The molecular weight excluding hydrogens is 262 g/mol. The van der Waals surface area contributed by atoms with Gasteiger partial charge in [0.1, 0.15) is 18.1 Å². The molecule has 0 aliphatic rings. The summed E-state index contributed by atoms with van der Waals surface area (Å²) in [5.41, 5.74) is 10.8. The second-order valence-electron chi connectivity index (χ2n) is 5.35. The molecule has 0 amide bonds. The van der Waals surface area contributed by atoms with E-state index in [9.17, 15) is 0 Å². The smallest absolute Gasteiger partial charge is 0.125 e. The van der Waals surface area contributed by atoms with Crippen LogP contribution in [0.2, 0.25) is 0 Å². The molecule has 0 heterocycles. The number of hydrogen-bond acceptors (Lipinski definition) is 3. The second kappa shape index (κ2) is 6.64. The highest BCUT2D eigenvalue weighted by Gasteiger charge is 2.11. The topological polar surface area (TPSA) is 44.5 Å². The summed E-state index contributed by atoms with van der Waals surface area (Å²) in [5.74, 6) is 1.75. The molecule has 0 bridgehead atoms. The van der Waals surface area contributed by atoms with Gasteiger partial charge < -0.3 is 15.2 Å². The standard InChI is InChI=1S/C18H23NO2/c1-12-8-9-13(2)18(14(12)3)21-11-17(19)15-6-5-7-16(10-15)20-4/h5-10,17H,11,19H2,1-4H3. The van der Waals surface area contributed by atoms with Crippen molar-refractivity contribution < 1.29 is 9.47 Å². The predicted molar refractivity (Wildman–Crippen MR) is 86.1 cm³/mol. The number of benzene rings is 2. The molecule has 0 aliphatic carbocycles. The Balaban J connectivity index is 2.11. The Morgan fingerprint density at radius 1 is 1.05 bits per heavy atom. The third-order valence-corrected chi connectivity index (χ3v) is 3.80. The molecule has 3 nitrogen and oxygen atoms in total. The van der Waals surface area contributed by atoms with E-state index in [1.165, 1.54) is 11.1 Å². The van der Waals surface area contributed by atoms with Gasteiger partial charge in [-0.05, 0) is 55.2 Å². The molecule has 3 heteroatoms. The molecule has 1 atom stereocenters. The predicted octanol–water partition coefficient (Wildman–Crippen LogP) is 3.70. The SMILES string of the molecule is COc1cccc(C(N)COc2c(C)ccc(C)c2C)c1. The molecule has 112 valence electrons. The molecule has 1 unspecified atom stereocenters. The maximum atomic E-state index is 6.22. The van der Waals surface area contributed by atoms with Gasteiger partial charge in [0, 0.05) is 0 Å². The van der Waals surface area contributed by atoms with Gasteiger partial charge in [-0.1, -0.05) is 24.3 Å². The highest BCUT2D eigenvalue weighted by Crippen LogP contribution is 2.27. The zero-order chi connectivity index (χ0) is 15.4. The Morgan fingerprint density at radius 2 is 1.76 bits per heavy atom. The molecule has 21 heavy (non-hydrogen) atoms. The zero-order valence-corrected chi connectivity index (χ0v) is 13.1. The molecule has 0 spiro atoms. The number of methoxy groups -OCH3 is 1. The summed E-state index contributed by atoms with van der Waals surface area (Å²) >= 11 is 0. The van der Waals surface area contributed by atoms with Gasteiger partial charge >= 0.3 is 0 Å². The van der Waals surface area contributed by atoms with E-state index in [-0.39, 0.29) is 6.04 Å². The highest BCUT2D eigenvalue weighted by atomic mass is 16.5. The Labute approximate surface area is 126 Å². The Morgan fingerprint density at radius 3 is 2.48 bits per heavy atom. The lowest BCUT2D eigenvalue weighted by Crippen LogP contribution is -2.19. The Bertz CT molecular complexity index is 623. The van der Waals surface area contributed by atoms with Crippen LogP contribution in [0.4, 0.5) is 0 Å². The van der Waals surface area contributed by atoms with Crippen molar-refractivity contribution in [2.24, 2.45) is 5.73 Å². The van der Waals surface area contributed by atoms with Crippen molar-refractivity contribution in [1.29, 1.82) is 0 Å². The van der Waals surface area contributed by atoms with Crippen molar-refractivity contribution in [1.82, 2.24) is 0 Å². The van der Waals surface area contributed by atoms with Gasteiger partial charge in [-0.2, -0.15) is 0 Å². The van der Waals surface area contributed by atoms with Gasteiger partial charge in [-0.3, -0.25) is 0 Å². The van der Waals surface area contributed by atoms with E-state index in [0.29, 0.717) is 6.61 Å². The van der Waals surface area contributed by atoms with Crippen molar-refractivity contribution in [2.45, 2.75) is 26.8 Å². The van der Waals surface area contributed by atoms with Crippen LogP contribution in [-0.2, 0) is 0 Å². The lowest BCUT2D eigenvalue weighted by atomic mass is 10.0. The largest absolute Gasteiger partial charge is 0.497 e. The highest BCUT2D eigenvalue weighted by molar-refractivity contribution is 5.44. The minimum Gasteiger partial charge on any atom is -0.497 e. The van der Waals surface area contributed by atoms with E-state index >= 15 is 0 Å². The molecule has 2 N–H and O–H groups in total. The maximum absolute atomic E-state index is 6.22. The van der Waals surface area contributed by atoms with Crippen LogP contribution >= 0.6 is 0 Å². The van der Waals surface area contributed by atoms with Crippen LogP contribution in [0.1, 0.15) is 28.3 Å². The van der Waals surface area contributed by atoms with Crippen LogP contribution in [0.5, 0.6) is 11.5 Å². The first-order valence-corrected chi connectivity index (χ1v) is 7.12. The number of hydrogen-bond donors (Lipinski definition) is 1. The van der Waals surface area contributed by atoms with Crippen molar-refractivity contribution in [2.75, 3.05) is 13.7 Å². The number of ether oxygens (including phenoxy) is 2. The average Bonchev–Trinajstić information content (AvgIpc) is 2.51. The summed E-state index contributed by atoms with van der Waals surface area (Å²) < 4.78 is 11.2. The summed E-state index contributed by atoms with van der Waals surface area (Å²) in [6.07, 6.45) is 0. The molecule has 0 aliphatic heterocycles. The first-order valence-electron chi connectivity index (χ1n) is 7.12. The molecule has 0 saturated heterocycles. The minimum atomic E-state index is -0.181. The monoisotopic (exact) mass is 285 g/mol. The number of aryl methyl sites for hydroxylation is 2. The second-order valence-corrected chi connectivity index (χ2v) is 5.35. The van der Waals surface area contributed by atoms with Crippen LogP contribution in [0, 0.1) is 20.8 Å². The maximum Gasteiger partial charge on any atom is 0.125 e. The lowest BCUT2D eigenvalue weighted by molar-refractivity contribution is 0.286. The summed E-state index contributed by atoms with van der Waals surface area (Å²) in [6.45, 7) is 6.66. The van der Waals surface area contributed by atoms with E-state index in [1.807, 2.05) is 24.3 Å². The molecule has 2 rings (SSSR count). The van der Waals surface area contributed by atoms with Crippen LogP contribution in [0.15, 0.2) is 36.4 Å². The van der Waals surface area contributed by atoms with Crippen molar-refractivity contribution in [3.05, 3.63) is 58.7 Å². The molecule has 0 radical (unpaired) electrons. The van der Waals surface area contributed by atoms with Crippen molar-refractivity contribution in [3.8, 4) is 11.5 Å². The fourth-order valence-corrected chi connectivity index (χ4v) is 2.29. The first-order chi connectivity index (χ1) is 10.0. The normalized spacial score (nSPS) is 12.0. The summed E-state index contributed by atoms with van der Waals surface area (Å²) in [6, 6.07) is 11.8. The van der Waals surface area contributed by atoms with Crippen LogP contribution in [-0.4, -0.2) is 13.7 Å². The van der Waals surface area contributed by atoms with Gasteiger partial charge in [0.25, 0.3) is 0 Å². The van der Waals surface area contributed by atoms with Crippen LogP contribution in [0.3, 0.4) is 0 Å². The third-order valence-electron chi connectivity index (χ3n) is 3.80. The molecule has 2 aromatic carbocycles. The van der Waals surface area contributed by atoms with Gasteiger partial charge in [0.05, 0.1) is 13.2 Å². The lowest BCUT2D eigenvalue weighted by Gasteiger charge is -2.18. The van der Waals surface area contributed by atoms with Gasteiger partial charge in [-0.15, -0.1) is 0 Å². The van der Waals surface area contributed by atoms with Gasteiger partial charge in [0.2, 0.25) is 0 Å². The minimum absolute atomic E-state index is 0.181. The molecule has 0 saturated carbocycles. The first kappa shape index (κ1) is 15.4. The zero-order valence-electron chi connectivity index (χ0n) is 13.1. The quantitative estimate of drug-likeness (QED) is 0.911. The van der Waals surface area contributed by atoms with E-state index in [0.717, 1.165) is 22.6 Å². The third kappa shape index (κ3) is 3.56. The average molecular weight is 285 g/mol. The molecular formula is C18H23NO2. The summed E-state index contributed by atoms with van der Waals surface area (Å²) in [5, 5.41) is 0. The van der Waals surface area contributed by atoms with E-state index in [4.69, 9.17) is 15.2 Å². The van der Waals surface area contributed by atoms with Gasteiger partial charge in [-0.25, -0.2) is 0 Å². The molecule has 2 aromatic rings. The fourth-order valence-electron chi connectivity index (χ4n) is 2.29. The Kier molecular flexibility index (Phi) is 4.86. The fraction of sp³-hybridized carbons (Fsp3) is 0.333. The molecule has 0 aromatic heterocycles. The van der Waals surface area contributed by atoms with E-state index in [1.54, 1.807) is 7.11 Å². The van der Waals surface area contributed by atoms with Crippen LogP contribution < -0.4 is 15.2 Å². The Hall–Kier alpha value is -2.00. The summed E-state index contributed by atoms with van der Waals surface area (Å²) in [7, 11) is 1.65. The van der Waals surface area contributed by atoms with Crippen molar-refractivity contribution in [3.63, 3.8) is 0 Å². The van der Waals surface area contributed by atoms with Gasteiger partial charge in [0.15, 0.2) is 0 Å². The summed E-state index contributed by atoms with van der Waals surface area (Å²) in [4.78, 5) is 0.